The molecule has 1 heterocycles. The van der Waals surface area contributed by atoms with Gasteiger partial charge in [-0.2, -0.15) is 10.4 Å². The highest BCUT2D eigenvalue weighted by atomic mass is 16.5. The molecule has 1 N–H and O–H groups in total. The maximum absolute atomic E-state index is 8.79. The molecule has 0 radical (unpaired) electrons. The van der Waals surface area contributed by atoms with Crippen molar-refractivity contribution in [3.8, 4) is 11.8 Å². The van der Waals surface area contributed by atoms with Crippen LogP contribution in [0.2, 0.25) is 0 Å². The summed E-state index contributed by atoms with van der Waals surface area (Å²) in [5.41, 5.74) is 1.79. The molecule has 0 aliphatic heterocycles. The van der Waals surface area contributed by atoms with Crippen molar-refractivity contribution in [2.75, 3.05) is 19.7 Å². The van der Waals surface area contributed by atoms with Crippen molar-refractivity contribution in [1.82, 2.24) is 15.1 Å². The summed E-state index contributed by atoms with van der Waals surface area (Å²) in [5.74, 6) is 0.730. The van der Waals surface area contributed by atoms with E-state index < -0.39 is 0 Å². The predicted molar refractivity (Wildman–Crippen MR) is 76.5 cm³/mol. The van der Waals surface area contributed by atoms with Gasteiger partial charge in [0.2, 0.25) is 0 Å². The van der Waals surface area contributed by atoms with Gasteiger partial charge in [0.15, 0.2) is 0 Å². The number of hydrogen-bond donors (Lipinski definition) is 1. The Bertz CT molecular complexity index is 586. The number of aryl methyl sites for hydroxylation is 1. The summed E-state index contributed by atoms with van der Waals surface area (Å²) in [6, 6.07) is 9.27. The Kier molecular flexibility index (Phi) is 5.15. The highest BCUT2D eigenvalue weighted by Gasteiger charge is 1.96. The van der Waals surface area contributed by atoms with Gasteiger partial charge in [0.25, 0.3) is 0 Å². The number of nitriles is 1. The molecule has 0 saturated carbocycles. The van der Waals surface area contributed by atoms with E-state index in [0.29, 0.717) is 12.2 Å². The SMILES string of the molecule is Cc1cnn(CCNCCOc2cccc(C#N)c2)c1. The van der Waals surface area contributed by atoms with E-state index in [9.17, 15) is 0 Å². The van der Waals surface area contributed by atoms with Crippen molar-refractivity contribution >= 4 is 0 Å². The Morgan fingerprint density at radius 3 is 3.05 bits per heavy atom. The zero-order valence-electron chi connectivity index (χ0n) is 11.5. The van der Waals surface area contributed by atoms with Crippen molar-refractivity contribution in [3.05, 3.63) is 47.8 Å². The van der Waals surface area contributed by atoms with E-state index in [1.807, 2.05) is 36.1 Å². The van der Waals surface area contributed by atoms with E-state index in [1.54, 1.807) is 12.1 Å². The molecule has 0 fully saturated rings. The number of benzene rings is 1. The summed E-state index contributed by atoms with van der Waals surface area (Å²) in [5, 5.41) is 16.3. The summed E-state index contributed by atoms with van der Waals surface area (Å²) in [4.78, 5) is 0. The molecule has 1 aromatic heterocycles. The molecule has 0 amide bonds. The minimum absolute atomic E-state index is 0.576. The highest BCUT2D eigenvalue weighted by molar-refractivity contribution is 5.36. The zero-order chi connectivity index (χ0) is 14.2. The van der Waals surface area contributed by atoms with Crippen LogP contribution in [0.3, 0.4) is 0 Å². The molecule has 0 spiro atoms. The van der Waals surface area contributed by atoms with Crippen LogP contribution in [-0.2, 0) is 6.54 Å². The van der Waals surface area contributed by atoms with Gasteiger partial charge in [0.1, 0.15) is 12.4 Å². The van der Waals surface area contributed by atoms with Crippen molar-refractivity contribution in [2.24, 2.45) is 0 Å². The third kappa shape index (κ3) is 4.41. The third-order valence-corrected chi connectivity index (χ3v) is 2.79. The van der Waals surface area contributed by atoms with Crippen LogP contribution in [0, 0.1) is 18.3 Å². The third-order valence-electron chi connectivity index (χ3n) is 2.79. The highest BCUT2D eigenvalue weighted by Crippen LogP contribution is 2.11. The Morgan fingerprint density at radius 2 is 2.30 bits per heavy atom. The van der Waals surface area contributed by atoms with Gasteiger partial charge in [0.05, 0.1) is 24.4 Å². The van der Waals surface area contributed by atoms with E-state index in [1.165, 1.54) is 5.56 Å². The summed E-state index contributed by atoms with van der Waals surface area (Å²) >= 11 is 0. The van der Waals surface area contributed by atoms with E-state index >= 15 is 0 Å². The largest absolute Gasteiger partial charge is 0.492 e. The molecule has 20 heavy (non-hydrogen) atoms. The first-order valence-corrected chi connectivity index (χ1v) is 6.60. The van der Waals surface area contributed by atoms with Gasteiger partial charge < -0.3 is 10.1 Å². The second kappa shape index (κ2) is 7.31. The van der Waals surface area contributed by atoms with Crippen LogP contribution in [0.25, 0.3) is 0 Å². The second-order valence-electron chi connectivity index (χ2n) is 4.52. The summed E-state index contributed by atoms with van der Waals surface area (Å²) in [6.45, 7) is 5.06. The Balaban J connectivity index is 1.60. The lowest BCUT2D eigenvalue weighted by Crippen LogP contribution is -2.25. The molecule has 0 atom stereocenters. The van der Waals surface area contributed by atoms with Gasteiger partial charge in [-0.15, -0.1) is 0 Å². The van der Waals surface area contributed by atoms with Gasteiger partial charge in [-0.05, 0) is 30.7 Å². The predicted octanol–water partition coefficient (Wildman–Crippen LogP) is 1.73. The first kappa shape index (κ1) is 14.1. The number of nitrogens with one attached hydrogen (secondary N) is 1. The molecule has 1 aromatic carbocycles. The van der Waals surface area contributed by atoms with Crippen molar-refractivity contribution in [2.45, 2.75) is 13.5 Å². The molecule has 2 aromatic rings. The van der Waals surface area contributed by atoms with Crippen LogP contribution in [0.1, 0.15) is 11.1 Å². The molecule has 5 heteroatoms. The van der Waals surface area contributed by atoms with E-state index in [4.69, 9.17) is 10.00 Å². The monoisotopic (exact) mass is 270 g/mol. The average Bonchev–Trinajstić information content (AvgIpc) is 2.88. The van der Waals surface area contributed by atoms with Gasteiger partial charge in [-0.25, -0.2) is 0 Å². The van der Waals surface area contributed by atoms with Crippen molar-refractivity contribution in [3.63, 3.8) is 0 Å². The Morgan fingerprint density at radius 1 is 1.40 bits per heavy atom. The molecular formula is C15H18N4O. The minimum Gasteiger partial charge on any atom is -0.492 e. The van der Waals surface area contributed by atoms with Gasteiger partial charge >= 0.3 is 0 Å². The molecule has 0 aliphatic rings. The quantitative estimate of drug-likeness (QED) is 0.778. The Hall–Kier alpha value is -2.32. The topological polar surface area (TPSA) is 62.9 Å². The normalized spacial score (nSPS) is 10.2. The number of ether oxygens (including phenoxy) is 1. The first-order chi connectivity index (χ1) is 9.78. The maximum atomic E-state index is 8.79. The van der Waals surface area contributed by atoms with Gasteiger partial charge in [-0.3, -0.25) is 4.68 Å². The fraction of sp³-hybridized carbons (Fsp3) is 0.333. The summed E-state index contributed by atoms with van der Waals surface area (Å²) in [6.07, 6.45) is 3.87. The fourth-order valence-electron chi connectivity index (χ4n) is 1.80. The summed E-state index contributed by atoms with van der Waals surface area (Å²) in [7, 11) is 0. The number of aromatic nitrogens is 2. The Labute approximate surface area is 118 Å². The van der Waals surface area contributed by atoms with Crippen LogP contribution in [-0.4, -0.2) is 29.5 Å². The van der Waals surface area contributed by atoms with E-state index in [-0.39, 0.29) is 0 Å². The van der Waals surface area contributed by atoms with Crippen molar-refractivity contribution in [1.29, 1.82) is 5.26 Å². The van der Waals surface area contributed by atoms with Crippen LogP contribution >= 0.6 is 0 Å². The standard InChI is InChI=1S/C15H18N4O/c1-13-11-18-19(12-13)7-5-17-6-8-20-15-4-2-3-14(9-15)10-16/h2-4,9,11-12,17H,5-8H2,1H3. The van der Waals surface area contributed by atoms with Gasteiger partial charge in [0, 0.05) is 19.3 Å². The lowest BCUT2D eigenvalue weighted by molar-refractivity contribution is 0.312. The lowest BCUT2D eigenvalue weighted by Gasteiger charge is -2.07. The van der Waals surface area contributed by atoms with Crippen molar-refractivity contribution < 1.29 is 4.74 Å². The van der Waals surface area contributed by atoms with Crippen LogP contribution in [0.4, 0.5) is 0 Å². The molecule has 5 nitrogen and oxygen atoms in total. The van der Waals surface area contributed by atoms with Crippen LogP contribution < -0.4 is 10.1 Å². The number of rotatable bonds is 7. The zero-order valence-corrected chi connectivity index (χ0v) is 11.5. The number of nitrogens with zero attached hydrogens (tertiary/aromatic N) is 3. The summed E-state index contributed by atoms with van der Waals surface area (Å²) < 4.78 is 7.49. The molecule has 0 aliphatic carbocycles. The average molecular weight is 270 g/mol. The maximum Gasteiger partial charge on any atom is 0.120 e. The molecule has 0 bridgehead atoms. The smallest absolute Gasteiger partial charge is 0.120 e. The molecular weight excluding hydrogens is 252 g/mol. The van der Waals surface area contributed by atoms with E-state index in [2.05, 4.69) is 16.5 Å². The lowest BCUT2D eigenvalue weighted by atomic mass is 10.2. The number of hydrogen-bond acceptors (Lipinski definition) is 4. The van der Waals surface area contributed by atoms with E-state index in [0.717, 1.165) is 25.4 Å². The van der Waals surface area contributed by atoms with Crippen LogP contribution in [0.15, 0.2) is 36.7 Å². The second-order valence-corrected chi connectivity index (χ2v) is 4.52. The van der Waals surface area contributed by atoms with Crippen LogP contribution in [0.5, 0.6) is 5.75 Å². The fourth-order valence-corrected chi connectivity index (χ4v) is 1.80. The minimum atomic E-state index is 0.576. The first-order valence-electron chi connectivity index (χ1n) is 6.60. The molecule has 0 unspecified atom stereocenters. The molecule has 104 valence electrons. The molecule has 2 rings (SSSR count). The van der Waals surface area contributed by atoms with Gasteiger partial charge in [-0.1, -0.05) is 6.07 Å². The molecule has 0 saturated heterocycles.